The third kappa shape index (κ3) is 2.76. The molecule has 1 heterocycles. The van der Waals surface area contributed by atoms with Gasteiger partial charge in [-0.3, -0.25) is 4.79 Å². The van der Waals surface area contributed by atoms with Gasteiger partial charge in [0.1, 0.15) is 5.56 Å². The van der Waals surface area contributed by atoms with Crippen LogP contribution in [0, 0.1) is 0 Å². The molecule has 1 aromatic heterocycles. The summed E-state index contributed by atoms with van der Waals surface area (Å²) in [7, 11) is 0. The highest BCUT2D eigenvalue weighted by Crippen LogP contribution is 2.33. The Bertz CT molecular complexity index is 1310. The van der Waals surface area contributed by atoms with E-state index in [1.807, 2.05) is 84.9 Å². The largest absolute Gasteiger partial charge is 0.371 e. The fraction of sp³-hybridized carbons (Fsp3) is 0. The number of carbonyl (C=O) groups excluding carboxylic acids is 1. The Hall–Kier alpha value is -3.78. The van der Waals surface area contributed by atoms with Gasteiger partial charge in [-0.1, -0.05) is 72.8 Å². The molecule has 4 aromatic carbocycles. The number of benzene rings is 4. The lowest BCUT2D eigenvalue weighted by Crippen LogP contribution is -2.04. The topological polar surface area (TPSA) is 28.4 Å². The van der Waals surface area contributed by atoms with E-state index in [1.54, 1.807) is 0 Å². The van der Waals surface area contributed by atoms with Crippen LogP contribution in [-0.4, -0.2) is 5.78 Å². The van der Waals surface area contributed by atoms with E-state index in [0.717, 1.165) is 27.3 Å². The second-order valence-electron chi connectivity index (χ2n) is 6.75. The average Bonchev–Trinajstić information content (AvgIpc) is 2.79. The molecule has 2 nitrogen and oxygen atoms in total. The van der Waals surface area contributed by atoms with Crippen LogP contribution in [0.2, 0.25) is 0 Å². The van der Waals surface area contributed by atoms with Crippen LogP contribution in [0.1, 0.15) is 15.9 Å². The van der Waals surface area contributed by atoms with Crippen molar-refractivity contribution in [1.82, 2.24) is 0 Å². The van der Waals surface area contributed by atoms with Crippen molar-refractivity contribution in [3.63, 3.8) is 0 Å². The fourth-order valence-corrected chi connectivity index (χ4v) is 3.61. The molecule has 0 aliphatic heterocycles. The lowest BCUT2D eigenvalue weighted by molar-refractivity contribution is 0.103. The van der Waals surface area contributed by atoms with Crippen LogP contribution in [0.3, 0.4) is 0 Å². The molecule has 0 aliphatic carbocycles. The van der Waals surface area contributed by atoms with Gasteiger partial charge in [-0.25, -0.2) is 4.42 Å². The van der Waals surface area contributed by atoms with Crippen molar-refractivity contribution in [2.45, 2.75) is 0 Å². The third-order valence-electron chi connectivity index (χ3n) is 4.99. The molecule has 132 valence electrons. The molecule has 0 atom stereocenters. The Labute approximate surface area is 162 Å². The van der Waals surface area contributed by atoms with Crippen molar-refractivity contribution in [1.29, 1.82) is 0 Å². The van der Waals surface area contributed by atoms with Crippen LogP contribution in [0.5, 0.6) is 0 Å². The quantitative estimate of drug-likeness (QED) is 0.202. The van der Waals surface area contributed by atoms with E-state index in [1.165, 1.54) is 0 Å². The number of hydrogen-bond donors (Lipinski definition) is 0. The SMILES string of the molecule is O=C(c1ccccc1)c1cc2c(ccc3ccccc32)[o+]c1-c1ccccc1. The predicted octanol–water partition coefficient (Wildman–Crippen LogP) is 6.77. The summed E-state index contributed by atoms with van der Waals surface area (Å²) in [5.41, 5.74) is 2.87. The highest BCUT2D eigenvalue weighted by molar-refractivity contribution is 6.15. The van der Waals surface area contributed by atoms with Crippen LogP contribution in [0.4, 0.5) is 0 Å². The van der Waals surface area contributed by atoms with Gasteiger partial charge in [0.2, 0.25) is 5.78 Å². The third-order valence-corrected chi connectivity index (χ3v) is 4.99. The number of carbonyl (C=O) groups is 1. The van der Waals surface area contributed by atoms with E-state index in [9.17, 15) is 4.79 Å². The zero-order chi connectivity index (χ0) is 18.9. The summed E-state index contributed by atoms with van der Waals surface area (Å²) in [6.45, 7) is 0. The van der Waals surface area contributed by atoms with Crippen molar-refractivity contribution in [3.8, 4) is 11.3 Å². The van der Waals surface area contributed by atoms with E-state index >= 15 is 0 Å². The number of rotatable bonds is 3. The second kappa shape index (κ2) is 6.75. The summed E-state index contributed by atoms with van der Waals surface area (Å²) in [5, 5.41) is 3.14. The minimum atomic E-state index is -0.0435. The van der Waals surface area contributed by atoms with Gasteiger partial charge in [0, 0.05) is 11.6 Å². The highest BCUT2D eigenvalue weighted by atomic mass is 16.3. The van der Waals surface area contributed by atoms with E-state index in [-0.39, 0.29) is 5.78 Å². The maximum absolute atomic E-state index is 13.4. The van der Waals surface area contributed by atoms with Gasteiger partial charge in [0.25, 0.3) is 0 Å². The standard InChI is InChI=1S/C26H17O2/c27-25(19-10-3-1-4-11-19)23-17-22-21-14-8-7-9-18(21)15-16-24(22)28-26(23)20-12-5-2-6-13-20/h1-17H/q+1. The molecule has 0 aliphatic rings. The molecule has 5 aromatic rings. The minimum Gasteiger partial charge on any atom is -0.288 e. The first kappa shape index (κ1) is 16.4. The van der Waals surface area contributed by atoms with E-state index in [4.69, 9.17) is 4.42 Å². The molecule has 0 fully saturated rings. The van der Waals surface area contributed by atoms with Gasteiger partial charge in [-0.05, 0) is 35.0 Å². The first-order chi connectivity index (χ1) is 13.8. The zero-order valence-electron chi connectivity index (χ0n) is 15.1. The van der Waals surface area contributed by atoms with Gasteiger partial charge in [0.15, 0.2) is 0 Å². The first-order valence-electron chi connectivity index (χ1n) is 9.25. The molecular formula is C26H17O2+. The number of fused-ring (bicyclic) bond motifs is 3. The maximum atomic E-state index is 13.4. The highest BCUT2D eigenvalue weighted by Gasteiger charge is 2.27. The second-order valence-corrected chi connectivity index (χ2v) is 6.75. The average molecular weight is 361 g/mol. The molecule has 0 spiro atoms. The summed E-state index contributed by atoms with van der Waals surface area (Å²) < 4.78 is 6.31. The molecule has 0 saturated carbocycles. The Morgan fingerprint density at radius 3 is 2.11 bits per heavy atom. The maximum Gasteiger partial charge on any atom is 0.371 e. The van der Waals surface area contributed by atoms with Crippen LogP contribution < -0.4 is 0 Å². The Morgan fingerprint density at radius 1 is 0.643 bits per heavy atom. The lowest BCUT2D eigenvalue weighted by Gasteiger charge is -2.04. The van der Waals surface area contributed by atoms with Crippen LogP contribution in [0.25, 0.3) is 33.1 Å². The van der Waals surface area contributed by atoms with Crippen molar-refractivity contribution < 1.29 is 9.21 Å². The molecule has 0 unspecified atom stereocenters. The van der Waals surface area contributed by atoms with Crippen LogP contribution in [-0.2, 0) is 0 Å². The van der Waals surface area contributed by atoms with Gasteiger partial charge < -0.3 is 0 Å². The summed E-state index contributed by atoms with van der Waals surface area (Å²) in [4.78, 5) is 13.4. The first-order valence-corrected chi connectivity index (χ1v) is 9.25. The van der Waals surface area contributed by atoms with Crippen molar-refractivity contribution in [3.05, 3.63) is 114 Å². The van der Waals surface area contributed by atoms with Crippen LogP contribution in [0.15, 0.2) is 108 Å². The van der Waals surface area contributed by atoms with E-state index in [2.05, 4.69) is 18.2 Å². The number of hydrogen-bond acceptors (Lipinski definition) is 1. The Morgan fingerprint density at radius 2 is 1.32 bits per heavy atom. The summed E-state index contributed by atoms with van der Waals surface area (Å²) in [5.74, 6) is 0.551. The molecule has 2 heteroatoms. The molecule has 0 amide bonds. The molecule has 0 radical (unpaired) electrons. The van der Waals surface area contributed by atoms with Crippen molar-refractivity contribution in [2.24, 2.45) is 0 Å². The van der Waals surface area contributed by atoms with Crippen LogP contribution >= 0.6 is 0 Å². The summed E-state index contributed by atoms with van der Waals surface area (Å²) >= 11 is 0. The lowest BCUT2D eigenvalue weighted by atomic mass is 9.96. The molecule has 28 heavy (non-hydrogen) atoms. The summed E-state index contributed by atoms with van der Waals surface area (Å²) in [6, 6.07) is 33.3. The molecule has 0 N–H and O–H groups in total. The number of ketones is 1. The van der Waals surface area contributed by atoms with Crippen molar-refractivity contribution >= 4 is 27.5 Å². The molecule has 0 saturated heterocycles. The monoisotopic (exact) mass is 361 g/mol. The Kier molecular flexibility index (Phi) is 3.95. The van der Waals surface area contributed by atoms with Gasteiger partial charge in [-0.15, -0.1) is 0 Å². The van der Waals surface area contributed by atoms with E-state index < -0.39 is 0 Å². The van der Waals surface area contributed by atoms with Crippen molar-refractivity contribution in [2.75, 3.05) is 0 Å². The zero-order valence-corrected chi connectivity index (χ0v) is 15.1. The summed E-state index contributed by atoms with van der Waals surface area (Å²) in [6.07, 6.45) is 0. The fourth-order valence-electron chi connectivity index (χ4n) is 3.61. The van der Waals surface area contributed by atoms with E-state index in [0.29, 0.717) is 16.9 Å². The smallest absolute Gasteiger partial charge is 0.288 e. The molecule has 5 rings (SSSR count). The minimum absolute atomic E-state index is 0.0435. The predicted molar refractivity (Wildman–Crippen MR) is 113 cm³/mol. The molecular weight excluding hydrogens is 344 g/mol. The van der Waals surface area contributed by atoms with Gasteiger partial charge in [0.05, 0.1) is 10.9 Å². The Balaban J connectivity index is 1.84. The van der Waals surface area contributed by atoms with Gasteiger partial charge in [-0.2, -0.15) is 0 Å². The molecule has 0 bridgehead atoms. The normalized spacial score (nSPS) is 11.0. The van der Waals surface area contributed by atoms with Gasteiger partial charge >= 0.3 is 11.3 Å².